The van der Waals surface area contributed by atoms with Gasteiger partial charge < -0.3 is 5.32 Å². The zero-order valence-electron chi connectivity index (χ0n) is 10.5. The molecule has 1 atom stereocenters. The molecule has 0 radical (unpaired) electrons. The van der Waals surface area contributed by atoms with Crippen LogP contribution in [0.25, 0.3) is 0 Å². The molecule has 0 aromatic carbocycles. The van der Waals surface area contributed by atoms with E-state index in [1.54, 1.807) is 0 Å². The maximum absolute atomic E-state index is 5.19. The largest absolute Gasteiger partial charge is 0.304 e. The molecule has 0 aromatic rings. The van der Waals surface area contributed by atoms with Crippen molar-refractivity contribution < 1.29 is 0 Å². The van der Waals surface area contributed by atoms with E-state index in [4.69, 9.17) is 6.42 Å². The van der Waals surface area contributed by atoms with Gasteiger partial charge in [-0.3, -0.25) is 0 Å². The van der Waals surface area contributed by atoms with Crippen LogP contribution in [0.2, 0.25) is 0 Å². The summed E-state index contributed by atoms with van der Waals surface area (Å²) in [6.07, 6.45) is 16.1. The summed E-state index contributed by atoms with van der Waals surface area (Å²) in [5.41, 5.74) is 0. The van der Waals surface area contributed by atoms with Crippen molar-refractivity contribution in [2.75, 3.05) is 6.54 Å². The third-order valence-electron chi connectivity index (χ3n) is 2.79. The van der Waals surface area contributed by atoms with Crippen molar-refractivity contribution in [2.45, 2.75) is 71.3 Å². The summed E-state index contributed by atoms with van der Waals surface area (Å²) in [7, 11) is 0. The minimum Gasteiger partial charge on any atom is -0.304 e. The van der Waals surface area contributed by atoms with E-state index >= 15 is 0 Å². The van der Waals surface area contributed by atoms with E-state index in [1.165, 1.54) is 51.4 Å². The van der Waals surface area contributed by atoms with Crippen LogP contribution in [0.5, 0.6) is 0 Å². The van der Waals surface area contributed by atoms with Crippen molar-refractivity contribution >= 4 is 0 Å². The van der Waals surface area contributed by atoms with Gasteiger partial charge in [0.15, 0.2) is 0 Å². The van der Waals surface area contributed by atoms with Gasteiger partial charge in [0.1, 0.15) is 0 Å². The summed E-state index contributed by atoms with van der Waals surface area (Å²) < 4.78 is 0. The van der Waals surface area contributed by atoms with E-state index in [-0.39, 0.29) is 0 Å². The van der Waals surface area contributed by atoms with Crippen LogP contribution in [0, 0.1) is 12.3 Å². The van der Waals surface area contributed by atoms with Gasteiger partial charge in [-0.15, -0.1) is 6.42 Å². The molecule has 0 saturated heterocycles. The third-order valence-corrected chi connectivity index (χ3v) is 2.79. The van der Waals surface area contributed by atoms with Crippen LogP contribution >= 0.6 is 0 Å². The van der Waals surface area contributed by atoms with Gasteiger partial charge in [0.25, 0.3) is 0 Å². The molecule has 0 saturated carbocycles. The van der Waals surface area contributed by atoms with Crippen LogP contribution in [0.15, 0.2) is 0 Å². The molecule has 1 heteroatoms. The molecule has 0 spiro atoms. The average molecular weight is 209 g/mol. The Labute approximate surface area is 96.0 Å². The molecule has 0 bridgehead atoms. The van der Waals surface area contributed by atoms with E-state index in [0.717, 1.165) is 0 Å². The van der Waals surface area contributed by atoms with Gasteiger partial charge >= 0.3 is 0 Å². The van der Waals surface area contributed by atoms with Gasteiger partial charge in [0, 0.05) is 6.04 Å². The fraction of sp³-hybridized carbons (Fsp3) is 0.857. The first kappa shape index (κ1) is 14.5. The standard InChI is InChI=1S/C14H27N/c1-4-6-7-8-9-10-11-12-14(3)15-13-5-2/h2,14-15H,4,6-13H2,1,3H3. The quantitative estimate of drug-likeness (QED) is 0.427. The van der Waals surface area contributed by atoms with Gasteiger partial charge in [0.2, 0.25) is 0 Å². The first-order chi connectivity index (χ1) is 7.31. The number of nitrogens with one attached hydrogen (secondary N) is 1. The maximum Gasteiger partial charge on any atom is 0.0575 e. The van der Waals surface area contributed by atoms with Crippen LogP contribution in [-0.2, 0) is 0 Å². The Kier molecular flexibility index (Phi) is 11.2. The van der Waals surface area contributed by atoms with Crippen molar-refractivity contribution in [2.24, 2.45) is 0 Å². The monoisotopic (exact) mass is 209 g/mol. The SMILES string of the molecule is C#CCNC(C)CCCCCCCCC. The highest BCUT2D eigenvalue weighted by molar-refractivity contribution is 4.87. The van der Waals surface area contributed by atoms with E-state index in [2.05, 4.69) is 25.1 Å². The molecule has 1 nitrogen and oxygen atoms in total. The Balaban J connectivity index is 3.06. The molecule has 88 valence electrons. The van der Waals surface area contributed by atoms with Crippen molar-refractivity contribution in [1.82, 2.24) is 5.32 Å². The Morgan fingerprint density at radius 2 is 1.67 bits per heavy atom. The molecule has 0 aliphatic heterocycles. The van der Waals surface area contributed by atoms with Gasteiger partial charge in [-0.25, -0.2) is 0 Å². The van der Waals surface area contributed by atoms with E-state index in [9.17, 15) is 0 Å². The zero-order valence-corrected chi connectivity index (χ0v) is 10.5. The number of terminal acetylenes is 1. The molecular weight excluding hydrogens is 182 g/mol. The van der Waals surface area contributed by atoms with E-state index in [1.807, 2.05) is 0 Å². The minimum atomic E-state index is 0.580. The van der Waals surface area contributed by atoms with Crippen molar-refractivity contribution in [3.8, 4) is 12.3 Å². The number of hydrogen-bond donors (Lipinski definition) is 1. The van der Waals surface area contributed by atoms with E-state index < -0.39 is 0 Å². The lowest BCUT2D eigenvalue weighted by atomic mass is 10.1. The molecule has 1 unspecified atom stereocenters. The third kappa shape index (κ3) is 11.4. The smallest absolute Gasteiger partial charge is 0.0575 e. The Morgan fingerprint density at radius 3 is 2.27 bits per heavy atom. The maximum atomic E-state index is 5.19. The van der Waals surface area contributed by atoms with Crippen LogP contribution < -0.4 is 5.32 Å². The topological polar surface area (TPSA) is 12.0 Å². The minimum absolute atomic E-state index is 0.580. The summed E-state index contributed by atoms with van der Waals surface area (Å²) in [6, 6.07) is 0.580. The predicted molar refractivity (Wildman–Crippen MR) is 68.9 cm³/mol. The number of rotatable bonds is 10. The molecule has 0 aromatic heterocycles. The van der Waals surface area contributed by atoms with Crippen molar-refractivity contribution in [1.29, 1.82) is 0 Å². The summed E-state index contributed by atoms with van der Waals surface area (Å²) in [5, 5.41) is 3.31. The van der Waals surface area contributed by atoms with E-state index in [0.29, 0.717) is 12.6 Å². The summed E-state index contributed by atoms with van der Waals surface area (Å²) in [6.45, 7) is 5.19. The van der Waals surface area contributed by atoms with Crippen LogP contribution in [0.4, 0.5) is 0 Å². The Hall–Kier alpha value is -0.480. The molecule has 1 N–H and O–H groups in total. The molecule has 15 heavy (non-hydrogen) atoms. The molecule has 0 aliphatic rings. The van der Waals surface area contributed by atoms with Crippen molar-refractivity contribution in [3.05, 3.63) is 0 Å². The second-order valence-electron chi connectivity index (χ2n) is 4.40. The highest BCUT2D eigenvalue weighted by Gasteiger charge is 1.99. The van der Waals surface area contributed by atoms with Crippen LogP contribution in [-0.4, -0.2) is 12.6 Å². The fourth-order valence-electron chi connectivity index (χ4n) is 1.74. The molecule has 0 fully saturated rings. The second kappa shape index (κ2) is 11.6. The van der Waals surface area contributed by atoms with Gasteiger partial charge in [0.05, 0.1) is 6.54 Å². The van der Waals surface area contributed by atoms with Crippen molar-refractivity contribution in [3.63, 3.8) is 0 Å². The summed E-state index contributed by atoms with van der Waals surface area (Å²) in [5.74, 6) is 2.61. The first-order valence-electron chi connectivity index (χ1n) is 6.48. The number of unbranched alkanes of at least 4 members (excludes halogenated alkanes) is 6. The summed E-state index contributed by atoms with van der Waals surface area (Å²) >= 11 is 0. The van der Waals surface area contributed by atoms with Gasteiger partial charge in [-0.1, -0.05) is 57.8 Å². The zero-order chi connectivity index (χ0) is 11.4. The second-order valence-corrected chi connectivity index (χ2v) is 4.40. The van der Waals surface area contributed by atoms with Crippen LogP contribution in [0.1, 0.15) is 65.2 Å². The van der Waals surface area contributed by atoms with Gasteiger partial charge in [-0.05, 0) is 13.3 Å². The lowest BCUT2D eigenvalue weighted by Crippen LogP contribution is -2.25. The Bertz CT molecular complexity index is 157. The molecule has 0 rings (SSSR count). The van der Waals surface area contributed by atoms with Gasteiger partial charge in [-0.2, -0.15) is 0 Å². The lowest BCUT2D eigenvalue weighted by molar-refractivity contribution is 0.497. The predicted octanol–water partition coefficient (Wildman–Crippen LogP) is 3.74. The highest BCUT2D eigenvalue weighted by Crippen LogP contribution is 2.09. The fourth-order valence-corrected chi connectivity index (χ4v) is 1.74. The summed E-state index contributed by atoms with van der Waals surface area (Å²) in [4.78, 5) is 0. The average Bonchev–Trinajstić information content (AvgIpc) is 2.25. The Morgan fingerprint density at radius 1 is 1.07 bits per heavy atom. The lowest BCUT2D eigenvalue weighted by Gasteiger charge is -2.10. The highest BCUT2D eigenvalue weighted by atomic mass is 14.9. The molecule has 0 amide bonds. The number of hydrogen-bond acceptors (Lipinski definition) is 1. The molecular formula is C14H27N. The van der Waals surface area contributed by atoms with Crippen LogP contribution in [0.3, 0.4) is 0 Å². The molecule has 0 aliphatic carbocycles. The normalized spacial score (nSPS) is 12.3. The first-order valence-corrected chi connectivity index (χ1v) is 6.48. The molecule has 0 heterocycles.